The third kappa shape index (κ3) is 4.63. The molecule has 0 aliphatic carbocycles. The molecule has 12 heteroatoms. The molecule has 4 aromatic rings. The van der Waals surface area contributed by atoms with Crippen molar-refractivity contribution in [2.24, 2.45) is 0 Å². The molecule has 216 valence electrons. The summed E-state index contributed by atoms with van der Waals surface area (Å²) < 4.78 is 37.0. The second-order valence-corrected chi connectivity index (χ2v) is 11.4. The van der Waals surface area contributed by atoms with Crippen LogP contribution >= 0.6 is 0 Å². The van der Waals surface area contributed by atoms with Gasteiger partial charge in [-0.1, -0.05) is 30.3 Å². The number of fused-ring (bicyclic) bond motifs is 3. The largest absolute Gasteiger partial charge is 0.508 e. The number of nitrogens with zero attached hydrogens (tertiary/aromatic N) is 5. The van der Waals surface area contributed by atoms with Crippen molar-refractivity contribution < 1.29 is 28.7 Å². The van der Waals surface area contributed by atoms with E-state index >= 15 is 4.39 Å². The number of halogens is 2. The number of hydrogen-bond acceptors (Lipinski definition) is 9. The fourth-order valence-electron chi connectivity index (χ4n) is 6.77. The van der Waals surface area contributed by atoms with E-state index in [0.717, 1.165) is 30.2 Å². The molecular weight excluding hydrogens is 543 g/mol. The van der Waals surface area contributed by atoms with Gasteiger partial charge in [0.25, 0.3) is 0 Å². The molecule has 2 aromatic carbocycles. The summed E-state index contributed by atoms with van der Waals surface area (Å²) in [6.45, 7) is 2.12. The summed E-state index contributed by atoms with van der Waals surface area (Å²) in [6, 6.07) is 10.4. The van der Waals surface area contributed by atoms with Crippen LogP contribution in [-0.2, 0) is 0 Å². The van der Waals surface area contributed by atoms with Crippen molar-refractivity contribution in [3.05, 3.63) is 60.0 Å². The molecule has 0 spiro atoms. The molecule has 0 unspecified atom stereocenters. The average molecular weight is 573 g/mol. The van der Waals surface area contributed by atoms with Crippen LogP contribution in [0, 0.1) is 5.82 Å². The Morgan fingerprint density at radius 3 is 2.79 bits per heavy atom. The van der Waals surface area contributed by atoms with Gasteiger partial charge in [-0.05, 0) is 54.2 Å². The summed E-state index contributed by atoms with van der Waals surface area (Å²) in [5.41, 5.74) is 0.549. The maximum Gasteiger partial charge on any atom is 0.483 e. The van der Waals surface area contributed by atoms with E-state index in [1.807, 2.05) is 29.2 Å². The van der Waals surface area contributed by atoms with E-state index in [1.54, 1.807) is 12.1 Å². The van der Waals surface area contributed by atoms with Gasteiger partial charge in [0.2, 0.25) is 0 Å². The smallest absolute Gasteiger partial charge is 0.483 e. The van der Waals surface area contributed by atoms with Crippen molar-refractivity contribution in [3.63, 3.8) is 0 Å². The highest BCUT2D eigenvalue weighted by molar-refractivity contribution is 6.50. The summed E-state index contributed by atoms with van der Waals surface area (Å²) in [5, 5.41) is 31.4. The minimum atomic E-state index is -1.54. The number of anilines is 1. The molecule has 2 atom stereocenters. The highest BCUT2D eigenvalue weighted by Crippen LogP contribution is 2.41. The van der Waals surface area contributed by atoms with Gasteiger partial charge in [-0.25, -0.2) is 8.78 Å². The van der Waals surface area contributed by atoms with E-state index in [0.29, 0.717) is 54.7 Å². The van der Waals surface area contributed by atoms with Crippen LogP contribution in [0.5, 0.6) is 11.8 Å². The number of alkyl halides is 1. The van der Waals surface area contributed by atoms with Gasteiger partial charge in [-0.15, -0.1) is 0 Å². The number of ether oxygens (including phenoxy) is 1. The second kappa shape index (κ2) is 10.4. The molecule has 7 rings (SSSR count). The van der Waals surface area contributed by atoms with Crippen molar-refractivity contribution in [1.29, 1.82) is 0 Å². The molecule has 0 amide bonds. The number of phenolic OH excluding ortho intramolecular Hbond substituents is 1. The summed E-state index contributed by atoms with van der Waals surface area (Å²) in [4.78, 5) is 17.7. The molecule has 42 heavy (non-hydrogen) atoms. The van der Waals surface area contributed by atoms with Gasteiger partial charge < -0.3 is 24.8 Å². The molecule has 5 heterocycles. The average Bonchev–Trinajstić information content (AvgIpc) is 3.51. The Morgan fingerprint density at radius 2 is 1.98 bits per heavy atom. The second-order valence-electron chi connectivity index (χ2n) is 11.4. The highest BCUT2D eigenvalue weighted by atomic mass is 19.1. The van der Waals surface area contributed by atoms with Crippen molar-refractivity contribution in [1.82, 2.24) is 19.9 Å². The van der Waals surface area contributed by atoms with E-state index in [9.17, 15) is 19.5 Å². The number of phenols is 1. The number of aromatic hydroxyl groups is 1. The fourth-order valence-corrected chi connectivity index (χ4v) is 6.77. The zero-order chi connectivity index (χ0) is 29.0. The monoisotopic (exact) mass is 573 g/mol. The molecule has 0 saturated carbocycles. The molecule has 0 bridgehead atoms. The van der Waals surface area contributed by atoms with Crippen LogP contribution in [0.1, 0.15) is 25.7 Å². The van der Waals surface area contributed by atoms with Gasteiger partial charge in [0.1, 0.15) is 35.6 Å². The zero-order valence-electron chi connectivity index (χ0n) is 22.9. The topological polar surface area (TPSA) is 115 Å². The van der Waals surface area contributed by atoms with Gasteiger partial charge in [-0.2, -0.15) is 9.97 Å². The van der Waals surface area contributed by atoms with E-state index in [-0.39, 0.29) is 29.6 Å². The predicted molar refractivity (Wildman–Crippen MR) is 156 cm³/mol. The maximum atomic E-state index is 16.5. The maximum absolute atomic E-state index is 16.5. The molecule has 3 aliphatic heterocycles. The lowest BCUT2D eigenvalue weighted by Crippen LogP contribution is -2.43. The molecular formula is C30H30BF2N5O4. The summed E-state index contributed by atoms with van der Waals surface area (Å²) in [6.07, 6.45) is 4.86. The van der Waals surface area contributed by atoms with Crippen molar-refractivity contribution in [2.75, 3.05) is 37.7 Å². The first-order chi connectivity index (χ1) is 20.3. The summed E-state index contributed by atoms with van der Waals surface area (Å²) in [7, 11) is -1.54. The number of rotatable bonds is 6. The van der Waals surface area contributed by atoms with Crippen LogP contribution < -0.4 is 9.64 Å². The molecule has 9 nitrogen and oxygen atoms in total. The lowest BCUT2D eigenvalue weighted by atomic mass is 9.76. The van der Waals surface area contributed by atoms with E-state index in [2.05, 4.69) is 19.9 Å². The van der Waals surface area contributed by atoms with Crippen LogP contribution in [0.25, 0.3) is 32.9 Å². The molecule has 3 N–H and O–H groups in total. The normalized spacial score (nSPS) is 22.5. The predicted octanol–water partition coefficient (Wildman–Crippen LogP) is 3.79. The summed E-state index contributed by atoms with van der Waals surface area (Å²) in [5.74, 6) is -0.282. The van der Waals surface area contributed by atoms with Crippen molar-refractivity contribution in [2.45, 2.75) is 37.4 Å². The van der Waals surface area contributed by atoms with Gasteiger partial charge >= 0.3 is 13.1 Å². The van der Waals surface area contributed by atoms with Gasteiger partial charge in [-0.3, -0.25) is 9.88 Å². The molecule has 2 aromatic heterocycles. The molecule has 3 aliphatic rings. The van der Waals surface area contributed by atoms with Crippen molar-refractivity contribution >= 4 is 34.6 Å². The lowest BCUT2D eigenvalue weighted by molar-refractivity contribution is 0.107. The Morgan fingerprint density at radius 1 is 1.12 bits per heavy atom. The molecule has 2 fully saturated rings. The quantitative estimate of drug-likeness (QED) is 0.297. The zero-order valence-corrected chi connectivity index (χ0v) is 22.9. The Balaban J connectivity index is 1.33. The molecule has 2 saturated heterocycles. The number of aromatic nitrogens is 3. The van der Waals surface area contributed by atoms with Crippen LogP contribution in [-0.4, -0.2) is 86.6 Å². The Labute approximate surface area is 241 Å². The first-order valence-corrected chi connectivity index (χ1v) is 14.2. The van der Waals surface area contributed by atoms with Crippen LogP contribution in [0.15, 0.2) is 54.1 Å². The van der Waals surface area contributed by atoms with Crippen molar-refractivity contribution in [3.8, 4) is 23.0 Å². The van der Waals surface area contributed by atoms with E-state index in [4.69, 9.17) is 4.74 Å². The lowest BCUT2D eigenvalue weighted by Gasteiger charge is -2.31. The Kier molecular flexibility index (Phi) is 6.71. The van der Waals surface area contributed by atoms with Crippen LogP contribution in [0.3, 0.4) is 0 Å². The minimum absolute atomic E-state index is 0.0116. The third-order valence-electron chi connectivity index (χ3n) is 8.85. The van der Waals surface area contributed by atoms with Gasteiger partial charge in [0, 0.05) is 37.8 Å². The van der Waals surface area contributed by atoms with Crippen LogP contribution in [0.4, 0.5) is 14.6 Å². The highest BCUT2D eigenvalue weighted by Gasteiger charge is 2.49. The van der Waals surface area contributed by atoms with Gasteiger partial charge in [0.15, 0.2) is 5.82 Å². The summed E-state index contributed by atoms with van der Waals surface area (Å²) >= 11 is 0. The fraction of sp³-hybridized carbons (Fsp3) is 0.367. The van der Waals surface area contributed by atoms with Gasteiger partial charge in [0.05, 0.1) is 10.9 Å². The molecule has 0 radical (unpaired) electrons. The first-order valence-electron chi connectivity index (χ1n) is 14.2. The first kappa shape index (κ1) is 27.0. The third-order valence-corrected chi connectivity index (χ3v) is 8.85. The van der Waals surface area contributed by atoms with Crippen LogP contribution in [0.2, 0.25) is 0 Å². The minimum Gasteiger partial charge on any atom is -0.508 e. The van der Waals surface area contributed by atoms with E-state index in [1.165, 1.54) is 12.3 Å². The number of benzene rings is 2. The number of pyridine rings is 1. The Bertz CT molecular complexity index is 1720. The standard InChI is InChI=1S/C30H30BF2N5O4/c32-20-14-30(8-3-9-38(30)16-20)17-42-29-35-27-24(28(36-29)37-10-6-19(7-11-37)31(40)41)15-34-26(25(27)33)23-13-21(39)12-18-4-1-2-5-22(18)23/h1-2,4-6,12-13,15,20,39-41H,3,7-11,14,16-17H2/t20-,30+/m1/s1. The SMILES string of the molecule is OB(O)C1=CCN(c2nc(OC[C@@]34CCCN3C[C@H](F)C4)nc3c(F)c(-c4cc(O)cc5ccccc45)ncc23)CC1. The number of hydrogen-bond donors (Lipinski definition) is 3. The van der Waals surface area contributed by atoms with E-state index < -0.39 is 24.6 Å². The Hall–Kier alpha value is -3.87.